The number of phenolic OH excluding ortho intramolecular Hbond substituents is 1. The summed E-state index contributed by atoms with van der Waals surface area (Å²) in [6.45, 7) is 6.64. The van der Waals surface area contributed by atoms with Gasteiger partial charge in [0.25, 0.3) is 0 Å². The van der Waals surface area contributed by atoms with E-state index in [9.17, 15) is 5.11 Å². The summed E-state index contributed by atoms with van der Waals surface area (Å²) in [4.78, 5) is 0.903. The summed E-state index contributed by atoms with van der Waals surface area (Å²) < 4.78 is 0.893. The van der Waals surface area contributed by atoms with Crippen molar-refractivity contribution < 1.29 is 5.11 Å². The Kier molecular flexibility index (Phi) is 6.40. The molecule has 0 amide bonds. The minimum atomic E-state index is -0.00613. The number of hydrogen-bond donors (Lipinski definition) is 2. The van der Waals surface area contributed by atoms with Crippen LogP contribution in [-0.2, 0) is 5.41 Å². The number of aromatic nitrogens is 2. The Bertz CT molecular complexity index is 668. The lowest BCUT2D eigenvalue weighted by atomic mass is 9.79. The summed E-state index contributed by atoms with van der Waals surface area (Å²) in [5, 5.41) is 19.5. The highest BCUT2D eigenvalue weighted by molar-refractivity contribution is 8.00. The van der Waals surface area contributed by atoms with Crippen LogP contribution in [0, 0.1) is 0 Å². The number of phenols is 1. The van der Waals surface area contributed by atoms with Crippen molar-refractivity contribution in [1.82, 2.24) is 10.2 Å². The van der Waals surface area contributed by atoms with E-state index >= 15 is 0 Å². The smallest absolute Gasteiger partial charge is 0.174 e. The summed E-state index contributed by atoms with van der Waals surface area (Å²) in [5.74, 6) is 0.255. The molecule has 0 bridgehead atoms. The fourth-order valence-corrected chi connectivity index (χ4v) is 4.43. The van der Waals surface area contributed by atoms with E-state index in [-0.39, 0.29) is 11.2 Å². The van der Waals surface area contributed by atoms with E-state index in [0.717, 1.165) is 26.2 Å². The summed E-state index contributed by atoms with van der Waals surface area (Å²) in [5.41, 5.74) is 1.79. The first-order valence-corrected chi connectivity index (χ1v) is 10.3. The van der Waals surface area contributed by atoms with Crippen molar-refractivity contribution in [3.05, 3.63) is 17.7 Å². The number of rotatable bonds is 7. The Labute approximate surface area is 152 Å². The first-order chi connectivity index (χ1) is 10.9. The topological polar surface area (TPSA) is 46.0 Å². The number of benzene rings is 1. The summed E-state index contributed by atoms with van der Waals surface area (Å²) in [6.07, 6.45) is 6.69. The minimum Gasteiger partial charge on any atom is -0.507 e. The Hall–Kier alpha value is -0.720. The Morgan fingerprint density at radius 1 is 1.26 bits per heavy atom. The molecule has 3 nitrogen and oxygen atoms in total. The van der Waals surface area contributed by atoms with Crippen molar-refractivity contribution in [2.45, 2.75) is 61.1 Å². The highest BCUT2D eigenvalue weighted by atomic mass is 32.2. The van der Waals surface area contributed by atoms with Gasteiger partial charge in [0.15, 0.2) is 9.35 Å². The molecule has 1 aromatic carbocycles. The van der Waals surface area contributed by atoms with E-state index in [2.05, 4.69) is 43.6 Å². The van der Waals surface area contributed by atoms with Gasteiger partial charge in [0.1, 0.15) is 5.75 Å². The van der Waals surface area contributed by atoms with Gasteiger partial charge in [-0.1, -0.05) is 63.1 Å². The van der Waals surface area contributed by atoms with Crippen molar-refractivity contribution >= 4 is 35.7 Å². The van der Waals surface area contributed by atoms with E-state index < -0.39 is 0 Å². The standard InChI is InChI=1S/C17H24N2OS3/c1-5-6-7-8-17(2,3)12-10-13(20)11(9-14(12)21)15-18-19-16(22-4)23-15/h9-10,20-21H,5-8H2,1-4H3. The molecule has 0 atom stereocenters. The zero-order valence-electron chi connectivity index (χ0n) is 14.1. The second kappa shape index (κ2) is 7.90. The molecule has 0 fully saturated rings. The average Bonchev–Trinajstić information content (AvgIpc) is 2.98. The third-order valence-electron chi connectivity index (χ3n) is 4.06. The lowest BCUT2D eigenvalue weighted by molar-refractivity contribution is 0.434. The summed E-state index contributed by atoms with van der Waals surface area (Å²) in [6, 6.07) is 3.77. The molecule has 0 saturated heterocycles. The van der Waals surface area contributed by atoms with Gasteiger partial charge in [-0.15, -0.1) is 22.8 Å². The van der Waals surface area contributed by atoms with Crippen LogP contribution in [0.5, 0.6) is 5.75 Å². The molecule has 0 saturated carbocycles. The molecular formula is C17H24N2OS3. The third kappa shape index (κ3) is 4.43. The molecule has 0 aliphatic rings. The molecule has 6 heteroatoms. The van der Waals surface area contributed by atoms with E-state index in [4.69, 9.17) is 0 Å². The molecule has 23 heavy (non-hydrogen) atoms. The lowest BCUT2D eigenvalue weighted by Crippen LogP contribution is -2.18. The summed E-state index contributed by atoms with van der Waals surface area (Å²) >= 11 is 7.72. The van der Waals surface area contributed by atoms with Crippen LogP contribution in [0.15, 0.2) is 21.4 Å². The molecule has 0 radical (unpaired) electrons. The maximum Gasteiger partial charge on any atom is 0.174 e. The monoisotopic (exact) mass is 368 g/mol. The van der Waals surface area contributed by atoms with Crippen LogP contribution in [0.1, 0.15) is 52.0 Å². The van der Waals surface area contributed by atoms with Crippen molar-refractivity contribution in [3.63, 3.8) is 0 Å². The quantitative estimate of drug-likeness (QED) is 0.369. The maximum absolute atomic E-state index is 10.5. The summed E-state index contributed by atoms with van der Waals surface area (Å²) in [7, 11) is 0. The van der Waals surface area contributed by atoms with Crippen LogP contribution in [0.3, 0.4) is 0 Å². The molecule has 2 aromatic rings. The molecule has 0 aliphatic heterocycles. The molecule has 0 spiro atoms. The van der Waals surface area contributed by atoms with Gasteiger partial charge in [0, 0.05) is 4.90 Å². The number of thiol groups is 1. The average molecular weight is 369 g/mol. The highest BCUT2D eigenvalue weighted by Crippen LogP contribution is 2.41. The molecule has 1 aromatic heterocycles. The van der Waals surface area contributed by atoms with Gasteiger partial charge < -0.3 is 5.11 Å². The van der Waals surface area contributed by atoms with Gasteiger partial charge in [-0.25, -0.2) is 0 Å². The molecule has 2 rings (SSSR count). The Morgan fingerprint density at radius 3 is 2.61 bits per heavy atom. The van der Waals surface area contributed by atoms with E-state index in [0.29, 0.717) is 5.56 Å². The van der Waals surface area contributed by atoms with Gasteiger partial charge in [0.2, 0.25) is 0 Å². The van der Waals surface area contributed by atoms with E-state index in [1.807, 2.05) is 18.4 Å². The van der Waals surface area contributed by atoms with Crippen LogP contribution >= 0.6 is 35.7 Å². The minimum absolute atomic E-state index is 0.00613. The second-order valence-corrected chi connectivity index (χ2v) is 8.82. The maximum atomic E-state index is 10.5. The second-order valence-electron chi connectivity index (χ2n) is 6.30. The predicted octanol–water partition coefficient (Wildman–Crippen LogP) is 5.78. The number of unbranched alkanes of at least 4 members (excludes halogenated alkanes) is 2. The number of hydrogen-bond acceptors (Lipinski definition) is 6. The van der Waals surface area contributed by atoms with Crippen LogP contribution in [0.25, 0.3) is 10.6 Å². The zero-order valence-corrected chi connectivity index (χ0v) is 16.6. The molecule has 126 valence electrons. The van der Waals surface area contributed by atoms with Crippen LogP contribution < -0.4 is 0 Å². The Morgan fingerprint density at radius 2 is 2.00 bits per heavy atom. The van der Waals surface area contributed by atoms with Gasteiger partial charge >= 0.3 is 0 Å². The zero-order chi connectivity index (χ0) is 17.0. The normalized spacial score (nSPS) is 11.9. The van der Waals surface area contributed by atoms with Crippen LogP contribution in [0.2, 0.25) is 0 Å². The highest BCUT2D eigenvalue weighted by Gasteiger charge is 2.25. The van der Waals surface area contributed by atoms with E-state index in [1.54, 1.807) is 11.8 Å². The van der Waals surface area contributed by atoms with Gasteiger partial charge in [-0.05, 0) is 35.8 Å². The van der Waals surface area contributed by atoms with Crippen molar-refractivity contribution in [1.29, 1.82) is 0 Å². The SMILES string of the molecule is CCCCCC(C)(C)c1cc(O)c(-c2nnc(SC)s2)cc1S. The number of aromatic hydroxyl groups is 1. The fourth-order valence-electron chi connectivity index (χ4n) is 2.64. The van der Waals surface area contributed by atoms with Gasteiger partial charge in [0.05, 0.1) is 5.56 Å². The molecule has 0 aliphatic carbocycles. The lowest BCUT2D eigenvalue weighted by Gasteiger charge is -2.27. The Balaban J connectivity index is 2.32. The van der Waals surface area contributed by atoms with Crippen molar-refractivity contribution in [2.24, 2.45) is 0 Å². The molecule has 1 N–H and O–H groups in total. The van der Waals surface area contributed by atoms with Crippen LogP contribution in [0.4, 0.5) is 0 Å². The number of thioether (sulfide) groups is 1. The fraction of sp³-hybridized carbons (Fsp3) is 0.529. The largest absolute Gasteiger partial charge is 0.507 e. The van der Waals surface area contributed by atoms with Gasteiger partial charge in [-0.2, -0.15) is 0 Å². The first-order valence-electron chi connectivity index (χ1n) is 7.83. The first kappa shape index (κ1) is 18.6. The predicted molar refractivity (Wildman–Crippen MR) is 103 cm³/mol. The van der Waals surface area contributed by atoms with Crippen molar-refractivity contribution in [2.75, 3.05) is 6.26 Å². The number of nitrogens with zero attached hydrogens (tertiary/aromatic N) is 2. The van der Waals surface area contributed by atoms with E-state index in [1.165, 1.54) is 30.6 Å². The third-order valence-corrected chi connectivity index (χ3v) is 6.36. The van der Waals surface area contributed by atoms with Crippen LogP contribution in [-0.4, -0.2) is 21.6 Å². The van der Waals surface area contributed by atoms with Crippen molar-refractivity contribution in [3.8, 4) is 16.3 Å². The molecular weight excluding hydrogens is 344 g/mol. The molecule has 1 heterocycles. The van der Waals surface area contributed by atoms with Gasteiger partial charge in [-0.3, -0.25) is 0 Å². The molecule has 0 unspecified atom stereocenters.